The van der Waals surface area contributed by atoms with Gasteiger partial charge in [0, 0.05) is 18.1 Å². The summed E-state index contributed by atoms with van der Waals surface area (Å²) >= 11 is 0. The summed E-state index contributed by atoms with van der Waals surface area (Å²) in [7, 11) is -3.63. The van der Waals surface area contributed by atoms with Gasteiger partial charge >= 0.3 is 0 Å². The van der Waals surface area contributed by atoms with Gasteiger partial charge in [0.15, 0.2) is 0 Å². The van der Waals surface area contributed by atoms with Gasteiger partial charge in [-0.3, -0.25) is 4.98 Å². The van der Waals surface area contributed by atoms with Gasteiger partial charge < -0.3 is 4.74 Å². The third kappa shape index (κ3) is 2.00. The summed E-state index contributed by atoms with van der Waals surface area (Å²) in [5.74, 6) is 0. The van der Waals surface area contributed by atoms with E-state index in [9.17, 15) is 8.42 Å². The van der Waals surface area contributed by atoms with E-state index in [-0.39, 0.29) is 4.90 Å². The molecule has 20 heavy (non-hydrogen) atoms. The fraction of sp³-hybridized carbons (Fsp3) is 0.357. The van der Waals surface area contributed by atoms with E-state index in [1.54, 1.807) is 38.2 Å². The van der Waals surface area contributed by atoms with Crippen molar-refractivity contribution in [1.29, 1.82) is 0 Å². The number of fused-ring (bicyclic) bond motifs is 1. The maximum Gasteiger partial charge on any atom is 0.247 e. The van der Waals surface area contributed by atoms with Crippen LogP contribution in [0.15, 0.2) is 41.4 Å². The van der Waals surface area contributed by atoms with E-state index in [2.05, 4.69) is 4.98 Å². The second-order valence-electron chi connectivity index (χ2n) is 5.20. The van der Waals surface area contributed by atoms with Crippen molar-refractivity contribution < 1.29 is 13.2 Å². The van der Waals surface area contributed by atoms with Gasteiger partial charge in [-0.1, -0.05) is 18.2 Å². The average Bonchev–Trinajstić information content (AvgIpc) is 2.78. The number of benzene rings is 1. The molecule has 106 valence electrons. The fourth-order valence-electron chi connectivity index (χ4n) is 2.53. The molecule has 1 aliphatic heterocycles. The van der Waals surface area contributed by atoms with Crippen molar-refractivity contribution in [1.82, 2.24) is 9.29 Å². The number of pyridine rings is 1. The van der Waals surface area contributed by atoms with E-state index >= 15 is 0 Å². The zero-order chi connectivity index (χ0) is 14.4. The second-order valence-corrected chi connectivity index (χ2v) is 7.03. The Morgan fingerprint density at radius 2 is 2.00 bits per heavy atom. The second kappa shape index (κ2) is 4.51. The molecule has 1 aliphatic rings. The van der Waals surface area contributed by atoms with Crippen LogP contribution in [0.25, 0.3) is 10.9 Å². The lowest BCUT2D eigenvalue weighted by Crippen LogP contribution is -2.43. The van der Waals surface area contributed by atoms with Crippen LogP contribution in [0.4, 0.5) is 0 Å². The topological polar surface area (TPSA) is 59.5 Å². The summed E-state index contributed by atoms with van der Waals surface area (Å²) in [6.07, 6.45) is 1.60. The molecule has 0 radical (unpaired) electrons. The molecule has 0 spiro atoms. The lowest BCUT2D eigenvalue weighted by Gasteiger charge is -2.29. The van der Waals surface area contributed by atoms with Crippen molar-refractivity contribution in [3.8, 4) is 0 Å². The van der Waals surface area contributed by atoms with E-state index in [4.69, 9.17) is 4.74 Å². The Morgan fingerprint density at radius 1 is 1.25 bits per heavy atom. The van der Waals surface area contributed by atoms with Crippen LogP contribution in [0.3, 0.4) is 0 Å². The Morgan fingerprint density at radius 3 is 2.70 bits per heavy atom. The number of sulfonamides is 1. The summed E-state index contributed by atoms with van der Waals surface area (Å²) in [6.45, 7) is 4.29. The third-order valence-corrected chi connectivity index (χ3v) is 5.60. The molecule has 5 nitrogen and oxygen atoms in total. The SMILES string of the molecule is CC1(C)OCCN1S(=O)(=O)c1cccc2cccnc12. The molecule has 1 aromatic carbocycles. The van der Waals surface area contributed by atoms with Crippen LogP contribution in [0.1, 0.15) is 13.8 Å². The van der Waals surface area contributed by atoms with E-state index in [0.29, 0.717) is 18.7 Å². The first kappa shape index (κ1) is 13.5. The van der Waals surface area contributed by atoms with Gasteiger partial charge in [-0.25, -0.2) is 8.42 Å². The molecule has 2 aromatic rings. The maximum absolute atomic E-state index is 12.9. The highest BCUT2D eigenvalue weighted by molar-refractivity contribution is 7.89. The minimum atomic E-state index is -3.63. The van der Waals surface area contributed by atoms with E-state index in [1.165, 1.54) is 4.31 Å². The Kier molecular flexibility index (Phi) is 3.04. The maximum atomic E-state index is 12.9. The van der Waals surface area contributed by atoms with Crippen LogP contribution in [-0.2, 0) is 14.8 Å². The molecule has 1 fully saturated rings. The number of rotatable bonds is 2. The number of nitrogens with zero attached hydrogens (tertiary/aromatic N) is 2. The van der Waals surface area contributed by atoms with Crippen molar-refractivity contribution in [3.63, 3.8) is 0 Å². The molecule has 2 heterocycles. The van der Waals surface area contributed by atoms with E-state index in [1.807, 2.05) is 12.1 Å². The van der Waals surface area contributed by atoms with Gasteiger partial charge in [0.2, 0.25) is 10.0 Å². The first-order valence-electron chi connectivity index (χ1n) is 6.43. The van der Waals surface area contributed by atoms with Crippen LogP contribution >= 0.6 is 0 Å². The summed E-state index contributed by atoms with van der Waals surface area (Å²) < 4.78 is 32.6. The molecule has 3 rings (SSSR count). The van der Waals surface area contributed by atoms with Crippen molar-refractivity contribution in [2.45, 2.75) is 24.5 Å². The number of hydrogen-bond donors (Lipinski definition) is 0. The van der Waals surface area contributed by atoms with Gasteiger partial charge in [-0.2, -0.15) is 4.31 Å². The predicted molar refractivity (Wildman–Crippen MR) is 75.7 cm³/mol. The quantitative estimate of drug-likeness (QED) is 0.849. The van der Waals surface area contributed by atoms with Gasteiger partial charge in [0.25, 0.3) is 0 Å². The molecule has 1 aromatic heterocycles. The molecule has 6 heteroatoms. The number of aromatic nitrogens is 1. The summed E-state index contributed by atoms with van der Waals surface area (Å²) in [6, 6.07) is 8.83. The minimum absolute atomic E-state index is 0.231. The Balaban J connectivity index is 2.20. The monoisotopic (exact) mass is 292 g/mol. The molecule has 0 saturated carbocycles. The Labute approximate surface area is 118 Å². The standard InChI is InChI=1S/C14H16N2O3S/c1-14(2)16(9-10-19-14)20(17,18)12-7-3-5-11-6-4-8-15-13(11)12/h3-8H,9-10H2,1-2H3. The predicted octanol–water partition coefficient (Wildman–Crippen LogP) is 1.99. The zero-order valence-corrected chi connectivity index (χ0v) is 12.2. The lowest BCUT2D eigenvalue weighted by atomic mass is 10.2. The van der Waals surface area contributed by atoms with Gasteiger partial charge in [0.05, 0.1) is 12.1 Å². The number of para-hydroxylation sites is 1. The Hall–Kier alpha value is -1.50. The summed E-state index contributed by atoms with van der Waals surface area (Å²) in [4.78, 5) is 4.45. The highest BCUT2D eigenvalue weighted by Crippen LogP contribution is 2.32. The fourth-order valence-corrected chi connectivity index (χ4v) is 4.38. The van der Waals surface area contributed by atoms with Crippen LogP contribution in [0, 0.1) is 0 Å². The van der Waals surface area contributed by atoms with Crippen LogP contribution in [-0.4, -0.2) is 36.6 Å². The molecule has 0 aliphatic carbocycles. The molecule has 0 unspecified atom stereocenters. The molecule has 0 N–H and O–H groups in total. The first-order chi connectivity index (χ1) is 9.43. The highest BCUT2D eigenvalue weighted by Gasteiger charge is 2.42. The minimum Gasteiger partial charge on any atom is -0.359 e. The molecule has 0 bridgehead atoms. The number of ether oxygens (including phenoxy) is 1. The van der Waals surface area contributed by atoms with Gasteiger partial charge in [0.1, 0.15) is 10.6 Å². The van der Waals surface area contributed by atoms with E-state index in [0.717, 1.165) is 5.39 Å². The molecule has 1 saturated heterocycles. The molecule has 0 amide bonds. The highest BCUT2D eigenvalue weighted by atomic mass is 32.2. The van der Waals surface area contributed by atoms with Gasteiger partial charge in [-0.05, 0) is 26.0 Å². The van der Waals surface area contributed by atoms with Crippen molar-refractivity contribution in [2.75, 3.05) is 13.2 Å². The van der Waals surface area contributed by atoms with Gasteiger partial charge in [-0.15, -0.1) is 0 Å². The Bertz CT molecular complexity index is 751. The zero-order valence-electron chi connectivity index (χ0n) is 11.4. The van der Waals surface area contributed by atoms with E-state index < -0.39 is 15.7 Å². The summed E-state index contributed by atoms with van der Waals surface area (Å²) in [5, 5.41) is 0.812. The molecule has 0 atom stereocenters. The van der Waals surface area contributed by atoms with Crippen LogP contribution in [0.2, 0.25) is 0 Å². The van der Waals surface area contributed by atoms with Crippen LogP contribution < -0.4 is 0 Å². The lowest BCUT2D eigenvalue weighted by molar-refractivity contribution is -0.0150. The normalized spacial score (nSPS) is 19.5. The first-order valence-corrected chi connectivity index (χ1v) is 7.87. The van der Waals surface area contributed by atoms with Crippen molar-refractivity contribution >= 4 is 20.9 Å². The smallest absolute Gasteiger partial charge is 0.247 e. The molecular formula is C14H16N2O3S. The van der Waals surface area contributed by atoms with Crippen molar-refractivity contribution in [3.05, 3.63) is 36.5 Å². The summed E-state index contributed by atoms with van der Waals surface area (Å²) in [5.41, 5.74) is -0.326. The average molecular weight is 292 g/mol. The number of hydrogen-bond acceptors (Lipinski definition) is 4. The molecular weight excluding hydrogens is 276 g/mol. The van der Waals surface area contributed by atoms with Crippen LogP contribution in [0.5, 0.6) is 0 Å². The largest absolute Gasteiger partial charge is 0.359 e. The third-order valence-electron chi connectivity index (χ3n) is 3.51. The van der Waals surface area contributed by atoms with Crippen molar-refractivity contribution in [2.24, 2.45) is 0 Å².